The molecule has 0 aliphatic rings. The maximum absolute atomic E-state index is 13.6. The van der Waals surface area contributed by atoms with E-state index in [-0.39, 0.29) is 17.6 Å². The Kier molecular flexibility index (Phi) is 7.10. The molecule has 0 saturated heterocycles. The highest BCUT2D eigenvalue weighted by Crippen LogP contribution is 2.36. The topological polar surface area (TPSA) is 39.4 Å². The molecule has 1 aromatic heterocycles. The van der Waals surface area contributed by atoms with Crippen LogP contribution in [0.1, 0.15) is 89.0 Å². The predicted octanol–water partition coefficient (Wildman–Crippen LogP) is 7.74. The van der Waals surface area contributed by atoms with Gasteiger partial charge in [0.25, 0.3) is 0 Å². The predicted molar refractivity (Wildman–Crippen MR) is 130 cm³/mol. The zero-order chi connectivity index (χ0) is 22.9. The van der Waals surface area contributed by atoms with E-state index < -0.39 is 0 Å². The van der Waals surface area contributed by atoms with Gasteiger partial charge in [-0.1, -0.05) is 49.7 Å². The van der Waals surface area contributed by atoms with Crippen LogP contribution in [0.4, 0.5) is 0 Å². The number of carbonyl (C=O) groups is 1. The van der Waals surface area contributed by atoms with Crippen molar-refractivity contribution in [1.29, 1.82) is 0 Å². The van der Waals surface area contributed by atoms with Crippen molar-refractivity contribution in [2.45, 2.75) is 59.8 Å². The number of carbonyl (C=O) groups excluding carboxylic acids is 1. The molecule has 2 aromatic carbocycles. The molecule has 0 aliphatic carbocycles. The van der Waals surface area contributed by atoms with Crippen LogP contribution in [0.25, 0.3) is 0 Å². The number of aryl methyl sites for hydroxylation is 2. The molecule has 0 atom stereocenters. The van der Waals surface area contributed by atoms with Gasteiger partial charge < -0.3 is 9.15 Å². The summed E-state index contributed by atoms with van der Waals surface area (Å²) in [6.07, 6.45) is 2.16. The summed E-state index contributed by atoms with van der Waals surface area (Å²) >= 11 is 3.66. The molecule has 3 rings (SSSR count). The standard InChI is InChI=1S/C27H31BrO3/c1-15(2)22-12-20(13-23(16(3)4)27(22)30-7)26(29)21-8-9-31-25(21)14-19-10-17(5)18(6)11-24(19)28/h8-13,15-16H,14H2,1-7H3. The van der Waals surface area contributed by atoms with E-state index in [0.717, 1.165) is 26.9 Å². The van der Waals surface area contributed by atoms with Crippen molar-refractivity contribution < 1.29 is 13.9 Å². The number of benzene rings is 2. The van der Waals surface area contributed by atoms with Crippen molar-refractivity contribution in [3.8, 4) is 5.75 Å². The summed E-state index contributed by atoms with van der Waals surface area (Å²) in [4.78, 5) is 13.6. The minimum Gasteiger partial charge on any atom is -0.496 e. The molecular weight excluding hydrogens is 452 g/mol. The third kappa shape index (κ3) is 4.79. The Morgan fingerprint density at radius 1 is 1.00 bits per heavy atom. The number of ketones is 1. The lowest BCUT2D eigenvalue weighted by Crippen LogP contribution is -2.09. The minimum atomic E-state index is -0.0184. The second-order valence-corrected chi connectivity index (χ2v) is 9.64. The van der Waals surface area contributed by atoms with Crippen molar-refractivity contribution in [1.82, 2.24) is 0 Å². The normalized spacial score (nSPS) is 11.4. The molecule has 0 radical (unpaired) electrons. The van der Waals surface area contributed by atoms with Crippen molar-refractivity contribution in [3.05, 3.63) is 85.8 Å². The second kappa shape index (κ2) is 9.44. The number of hydrogen-bond acceptors (Lipinski definition) is 3. The molecule has 3 aromatic rings. The third-order valence-electron chi connectivity index (χ3n) is 5.86. The van der Waals surface area contributed by atoms with E-state index in [1.54, 1.807) is 19.4 Å². The van der Waals surface area contributed by atoms with E-state index in [0.29, 0.717) is 23.3 Å². The fourth-order valence-electron chi connectivity index (χ4n) is 3.88. The Balaban J connectivity index is 2.04. The summed E-state index contributed by atoms with van der Waals surface area (Å²) in [7, 11) is 1.70. The average Bonchev–Trinajstić information content (AvgIpc) is 3.18. The van der Waals surface area contributed by atoms with Crippen LogP contribution < -0.4 is 4.74 Å². The molecule has 0 amide bonds. The zero-order valence-electron chi connectivity index (χ0n) is 19.4. The Hall–Kier alpha value is -2.33. The van der Waals surface area contributed by atoms with Crippen molar-refractivity contribution in [2.75, 3.05) is 7.11 Å². The number of halogens is 1. The molecule has 0 unspecified atom stereocenters. The highest BCUT2D eigenvalue weighted by atomic mass is 79.9. The molecular formula is C27H31BrO3. The lowest BCUT2D eigenvalue weighted by atomic mass is 9.89. The Morgan fingerprint density at radius 2 is 1.58 bits per heavy atom. The van der Waals surface area contributed by atoms with E-state index in [1.807, 2.05) is 12.1 Å². The van der Waals surface area contributed by atoms with Gasteiger partial charge >= 0.3 is 0 Å². The van der Waals surface area contributed by atoms with Gasteiger partial charge in [-0.3, -0.25) is 4.79 Å². The highest BCUT2D eigenvalue weighted by Gasteiger charge is 2.23. The SMILES string of the molecule is COc1c(C(C)C)cc(C(=O)c2ccoc2Cc2cc(C)c(C)cc2Br)cc1C(C)C. The van der Waals surface area contributed by atoms with Crippen molar-refractivity contribution in [2.24, 2.45) is 0 Å². The van der Waals surface area contributed by atoms with Gasteiger partial charge in [0.2, 0.25) is 0 Å². The van der Waals surface area contributed by atoms with Crippen LogP contribution in [0.15, 0.2) is 45.5 Å². The number of methoxy groups -OCH3 is 1. The first kappa shape index (κ1) is 23.3. The molecule has 0 N–H and O–H groups in total. The number of furan rings is 1. The van der Waals surface area contributed by atoms with Crippen molar-refractivity contribution >= 4 is 21.7 Å². The third-order valence-corrected chi connectivity index (χ3v) is 6.60. The van der Waals surface area contributed by atoms with Crippen LogP contribution in [0.2, 0.25) is 0 Å². The van der Waals surface area contributed by atoms with Gasteiger partial charge in [0.05, 0.1) is 18.9 Å². The van der Waals surface area contributed by atoms with E-state index >= 15 is 0 Å². The Morgan fingerprint density at radius 3 is 2.13 bits per heavy atom. The summed E-state index contributed by atoms with van der Waals surface area (Å²) in [6, 6.07) is 9.99. The van der Waals surface area contributed by atoms with E-state index in [2.05, 4.69) is 69.6 Å². The molecule has 0 bridgehead atoms. The molecule has 31 heavy (non-hydrogen) atoms. The zero-order valence-corrected chi connectivity index (χ0v) is 21.0. The van der Waals surface area contributed by atoms with E-state index in [9.17, 15) is 4.79 Å². The summed E-state index contributed by atoms with van der Waals surface area (Å²) in [5.41, 5.74) is 6.95. The van der Waals surface area contributed by atoms with Crippen LogP contribution in [0, 0.1) is 13.8 Å². The van der Waals surface area contributed by atoms with Crippen molar-refractivity contribution in [3.63, 3.8) is 0 Å². The average molecular weight is 483 g/mol. The van der Waals surface area contributed by atoms with Crippen LogP contribution in [-0.2, 0) is 6.42 Å². The summed E-state index contributed by atoms with van der Waals surface area (Å²) in [5, 5.41) is 0. The largest absolute Gasteiger partial charge is 0.496 e. The van der Waals surface area contributed by atoms with Crippen LogP contribution in [0.3, 0.4) is 0 Å². The molecule has 0 spiro atoms. The molecule has 4 heteroatoms. The smallest absolute Gasteiger partial charge is 0.196 e. The van der Waals surface area contributed by atoms with Gasteiger partial charge in [-0.05, 0) is 77.8 Å². The van der Waals surface area contributed by atoms with Gasteiger partial charge in [0, 0.05) is 16.5 Å². The van der Waals surface area contributed by atoms with Gasteiger partial charge in [-0.25, -0.2) is 0 Å². The maximum Gasteiger partial charge on any atom is 0.196 e. The molecule has 3 nitrogen and oxygen atoms in total. The minimum absolute atomic E-state index is 0.0184. The molecule has 0 aliphatic heterocycles. The van der Waals surface area contributed by atoms with Crippen LogP contribution in [0.5, 0.6) is 5.75 Å². The maximum atomic E-state index is 13.6. The first-order valence-corrected chi connectivity index (χ1v) is 11.5. The quantitative estimate of drug-likeness (QED) is 0.323. The number of hydrogen-bond donors (Lipinski definition) is 0. The monoisotopic (exact) mass is 482 g/mol. The number of ether oxygens (including phenoxy) is 1. The fourth-order valence-corrected chi connectivity index (χ4v) is 4.48. The lowest BCUT2D eigenvalue weighted by Gasteiger charge is -2.20. The van der Waals surface area contributed by atoms with Gasteiger partial charge in [-0.2, -0.15) is 0 Å². The van der Waals surface area contributed by atoms with E-state index in [4.69, 9.17) is 9.15 Å². The molecule has 164 valence electrons. The Labute approximate surface area is 193 Å². The number of rotatable bonds is 7. The summed E-state index contributed by atoms with van der Waals surface area (Å²) in [5.74, 6) is 2.04. The second-order valence-electron chi connectivity index (χ2n) is 8.79. The van der Waals surface area contributed by atoms with Gasteiger partial charge in [0.15, 0.2) is 5.78 Å². The van der Waals surface area contributed by atoms with Crippen LogP contribution >= 0.6 is 15.9 Å². The van der Waals surface area contributed by atoms with Gasteiger partial charge in [-0.15, -0.1) is 0 Å². The first-order chi connectivity index (χ1) is 14.6. The summed E-state index contributed by atoms with van der Waals surface area (Å²) in [6.45, 7) is 12.7. The fraction of sp³-hybridized carbons (Fsp3) is 0.370. The molecule has 0 fully saturated rings. The molecule has 1 heterocycles. The molecule has 0 saturated carbocycles. The summed E-state index contributed by atoms with van der Waals surface area (Å²) < 4.78 is 12.5. The van der Waals surface area contributed by atoms with Gasteiger partial charge in [0.1, 0.15) is 11.5 Å². The highest BCUT2D eigenvalue weighted by molar-refractivity contribution is 9.10. The first-order valence-electron chi connectivity index (χ1n) is 10.7. The Bertz CT molecular complexity index is 1080. The van der Waals surface area contributed by atoms with Crippen LogP contribution in [-0.4, -0.2) is 12.9 Å². The van der Waals surface area contributed by atoms with E-state index in [1.165, 1.54) is 11.1 Å². The lowest BCUT2D eigenvalue weighted by molar-refractivity contribution is 0.103.